The average Bonchev–Trinajstić information content (AvgIpc) is 3.04. The second-order valence-corrected chi connectivity index (χ2v) is 5.66. The molecule has 130 valence electrons. The number of rotatable bonds is 5. The molecule has 0 saturated carbocycles. The molecule has 9 heteroatoms. The van der Waals surface area contributed by atoms with Gasteiger partial charge in [0, 0.05) is 29.6 Å². The lowest BCUT2D eigenvalue weighted by Crippen LogP contribution is -2.44. The molecule has 24 heavy (non-hydrogen) atoms. The number of nitrogens with one attached hydrogen (secondary N) is 2. The fourth-order valence-corrected chi connectivity index (χ4v) is 2.39. The Balaban J connectivity index is 0.00000208. The van der Waals surface area contributed by atoms with E-state index in [1.165, 1.54) is 0 Å². The van der Waals surface area contributed by atoms with Crippen LogP contribution in [-0.2, 0) is 16.1 Å². The van der Waals surface area contributed by atoms with Gasteiger partial charge >= 0.3 is 0 Å². The molecule has 1 aliphatic rings. The maximum Gasteiger partial charge on any atom is 0.246 e. The number of morpholine rings is 1. The van der Waals surface area contributed by atoms with E-state index in [2.05, 4.69) is 20.8 Å². The van der Waals surface area contributed by atoms with Gasteiger partial charge in [0.1, 0.15) is 0 Å². The second-order valence-electron chi connectivity index (χ2n) is 5.23. The van der Waals surface area contributed by atoms with Gasteiger partial charge in [0.15, 0.2) is 0 Å². The van der Waals surface area contributed by atoms with Crippen molar-refractivity contribution in [2.45, 2.75) is 19.0 Å². The summed E-state index contributed by atoms with van der Waals surface area (Å²) in [7, 11) is 0. The highest BCUT2D eigenvalue weighted by Crippen LogP contribution is 2.18. The van der Waals surface area contributed by atoms with E-state index in [1.54, 1.807) is 12.1 Å². The van der Waals surface area contributed by atoms with Crippen LogP contribution in [0.4, 0.5) is 0 Å². The van der Waals surface area contributed by atoms with E-state index < -0.39 is 0 Å². The summed E-state index contributed by atoms with van der Waals surface area (Å²) in [6.45, 7) is 2.21. The fraction of sp³-hybridized carbons (Fsp3) is 0.400. The predicted octanol–water partition coefficient (Wildman–Crippen LogP) is 1.81. The third-order valence-corrected chi connectivity index (χ3v) is 3.69. The summed E-state index contributed by atoms with van der Waals surface area (Å²) in [6.07, 6.45) is 0.359. The van der Waals surface area contributed by atoms with Crippen molar-refractivity contribution in [3.05, 3.63) is 35.2 Å². The highest BCUT2D eigenvalue weighted by molar-refractivity contribution is 6.30. The SMILES string of the molecule is Cl.O=C(CC1COCCN1)NCc1nc(-c2ccc(Cl)cc2)no1. The first-order valence-corrected chi connectivity index (χ1v) is 7.75. The van der Waals surface area contributed by atoms with Gasteiger partial charge in [-0.05, 0) is 24.3 Å². The minimum atomic E-state index is -0.0840. The Morgan fingerprint density at radius 3 is 2.88 bits per heavy atom. The summed E-state index contributed by atoms with van der Waals surface area (Å²) in [4.78, 5) is 16.1. The molecule has 0 spiro atoms. The van der Waals surface area contributed by atoms with E-state index >= 15 is 0 Å². The molecule has 1 aliphatic heterocycles. The maximum atomic E-state index is 11.9. The molecule has 2 N–H and O–H groups in total. The van der Waals surface area contributed by atoms with Gasteiger partial charge in [-0.1, -0.05) is 16.8 Å². The van der Waals surface area contributed by atoms with Crippen LogP contribution in [-0.4, -0.2) is 41.8 Å². The van der Waals surface area contributed by atoms with Gasteiger partial charge in [-0.25, -0.2) is 0 Å². The minimum Gasteiger partial charge on any atom is -0.378 e. The fourth-order valence-electron chi connectivity index (χ4n) is 2.26. The minimum absolute atomic E-state index is 0. The molecule has 1 amide bonds. The Morgan fingerprint density at radius 1 is 1.38 bits per heavy atom. The molecular weight excluding hydrogens is 355 g/mol. The number of benzene rings is 1. The lowest BCUT2D eigenvalue weighted by molar-refractivity contribution is -0.122. The third kappa shape index (κ3) is 5.17. The second kappa shape index (κ2) is 8.98. The van der Waals surface area contributed by atoms with Gasteiger partial charge in [0.25, 0.3) is 0 Å². The highest BCUT2D eigenvalue weighted by Gasteiger charge is 2.17. The Bertz CT molecular complexity index is 657. The Hall–Kier alpha value is -1.67. The molecular formula is C15H18Cl2N4O3. The molecule has 2 heterocycles. The standard InChI is InChI=1S/C15H17ClN4O3.ClH/c16-11-3-1-10(2-4-11)15-19-14(23-20-15)8-18-13(21)7-12-9-22-6-5-17-12;/h1-4,12,17H,5-9H2,(H,18,21);1H. The van der Waals surface area contributed by atoms with Gasteiger partial charge in [-0.15, -0.1) is 12.4 Å². The van der Waals surface area contributed by atoms with Crippen LogP contribution in [0, 0.1) is 0 Å². The van der Waals surface area contributed by atoms with E-state index in [0.717, 1.165) is 12.1 Å². The number of ether oxygens (including phenoxy) is 1. The Kier molecular flexibility index (Phi) is 6.99. The molecule has 3 rings (SSSR count). The molecule has 0 bridgehead atoms. The van der Waals surface area contributed by atoms with Crippen molar-refractivity contribution >= 4 is 29.9 Å². The summed E-state index contributed by atoms with van der Waals surface area (Å²) in [5.41, 5.74) is 0.805. The van der Waals surface area contributed by atoms with Gasteiger partial charge in [0.05, 0.1) is 19.8 Å². The smallest absolute Gasteiger partial charge is 0.246 e. The first-order valence-electron chi connectivity index (χ1n) is 7.37. The first kappa shape index (κ1) is 18.7. The number of hydrogen-bond acceptors (Lipinski definition) is 6. The van der Waals surface area contributed by atoms with Gasteiger partial charge in [0.2, 0.25) is 17.6 Å². The molecule has 1 atom stereocenters. The van der Waals surface area contributed by atoms with Crippen molar-refractivity contribution in [2.24, 2.45) is 0 Å². The zero-order chi connectivity index (χ0) is 16.1. The van der Waals surface area contributed by atoms with Gasteiger partial charge in [-0.2, -0.15) is 4.98 Å². The van der Waals surface area contributed by atoms with Crippen LogP contribution in [0.2, 0.25) is 5.02 Å². The van der Waals surface area contributed by atoms with Crippen LogP contribution >= 0.6 is 24.0 Å². The molecule has 0 aliphatic carbocycles. The topological polar surface area (TPSA) is 89.3 Å². The van der Waals surface area contributed by atoms with E-state index in [9.17, 15) is 4.79 Å². The average molecular weight is 373 g/mol. The van der Waals surface area contributed by atoms with E-state index in [-0.39, 0.29) is 30.9 Å². The van der Waals surface area contributed by atoms with Crippen LogP contribution in [0.5, 0.6) is 0 Å². The van der Waals surface area contributed by atoms with Crippen molar-refractivity contribution < 1.29 is 14.1 Å². The molecule has 1 saturated heterocycles. The maximum absolute atomic E-state index is 11.9. The van der Waals surface area contributed by atoms with Crippen molar-refractivity contribution in [3.8, 4) is 11.4 Å². The van der Waals surface area contributed by atoms with Crippen molar-refractivity contribution in [1.29, 1.82) is 0 Å². The number of hydrogen-bond donors (Lipinski definition) is 2. The van der Waals surface area contributed by atoms with E-state index in [0.29, 0.717) is 36.4 Å². The number of halogens is 2. The number of aromatic nitrogens is 2. The van der Waals surface area contributed by atoms with Crippen LogP contribution in [0.1, 0.15) is 12.3 Å². The lowest BCUT2D eigenvalue weighted by atomic mass is 10.2. The molecule has 1 aromatic heterocycles. The zero-order valence-corrected chi connectivity index (χ0v) is 14.4. The number of nitrogens with zero attached hydrogens (tertiary/aromatic N) is 2. The first-order chi connectivity index (χ1) is 11.2. The van der Waals surface area contributed by atoms with Crippen LogP contribution in [0.25, 0.3) is 11.4 Å². The van der Waals surface area contributed by atoms with Crippen LogP contribution in [0.3, 0.4) is 0 Å². The van der Waals surface area contributed by atoms with Gasteiger partial charge in [-0.3, -0.25) is 4.79 Å². The normalized spacial score (nSPS) is 17.1. The molecule has 1 fully saturated rings. The highest BCUT2D eigenvalue weighted by atomic mass is 35.5. The third-order valence-electron chi connectivity index (χ3n) is 3.44. The predicted molar refractivity (Wildman–Crippen MR) is 91.1 cm³/mol. The quantitative estimate of drug-likeness (QED) is 0.831. The van der Waals surface area contributed by atoms with Gasteiger partial charge < -0.3 is 19.9 Å². The summed E-state index contributed by atoms with van der Waals surface area (Å²) >= 11 is 5.84. The zero-order valence-electron chi connectivity index (χ0n) is 12.8. The lowest BCUT2D eigenvalue weighted by Gasteiger charge is -2.23. The Morgan fingerprint density at radius 2 is 2.17 bits per heavy atom. The molecule has 1 aromatic carbocycles. The molecule has 7 nitrogen and oxygen atoms in total. The number of carbonyl (C=O) groups excluding carboxylic acids is 1. The summed E-state index contributed by atoms with van der Waals surface area (Å²) in [5, 5.41) is 10.5. The molecule has 2 aromatic rings. The van der Waals surface area contributed by atoms with Crippen LogP contribution in [0.15, 0.2) is 28.8 Å². The van der Waals surface area contributed by atoms with Crippen LogP contribution < -0.4 is 10.6 Å². The number of carbonyl (C=O) groups is 1. The molecule has 1 unspecified atom stereocenters. The Labute approximate surface area is 150 Å². The summed E-state index contributed by atoms with van der Waals surface area (Å²) in [6, 6.07) is 7.19. The van der Waals surface area contributed by atoms with E-state index in [4.69, 9.17) is 20.9 Å². The summed E-state index contributed by atoms with van der Waals surface area (Å²) < 4.78 is 10.5. The summed E-state index contributed by atoms with van der Waals surface area (Å²) in [5.74, 6) is 0.739. The monoisotopic (exact) mass is 372 g/mol. The molecule has 0 radical (unpaired) electrons. The largest absolute Gasteiger partial charge is 0.378 e. The van der Waals surface area contributed by atoms with E-state index in [1.807, 2.05) is 12.1 Å². The van der Waals surface area contributed by atoms with Crippen molar-refractivity contribution in [2.75, 3.05) is 19.8 Å². The van der Waals surface area contributed by atoms with Crippen molar-refractivity contribution in [1.82, 2.24) is 20.8 Å². The van der Waals surface area contributed by atoms with Crippen molar-refractivity contribution in [3.63, 3.8) is 0 Å². The number of amides is 1.